The van der Waals surface area contributed by atoms with Crippen LogP contribution in [0.3, 0.4) is 0 Å². The van der Waals surface area contributed by atoms with Crippen LogP contribution < -0.4 is 16.0 Å². The largest absolute Gasteiger partial charge is 0.493 e. The highest BCUT2D eigenvalue weighted by atomic mass is 16.5. The summed E-state index contributed by atoms with van der Waals surface area (Å²) in [6, 6.07) is 7.96. The highest BCUT2D eigenvalue weighted by molar-refractivity contribution is 5.27. The molecule has 3 N–H and O–H groups in total. The van der Waals surface area contributed by atoms with Gasteiger partial charge in [0.1, 0.15) is 11.6 Å². The number of hydrazine groups is 1. The van der Waals surface area contributed by atoms with Crippen LogP contribution in [0.4, 0.5) is 5.95 Å². The summed E-state index contributed by atoms with van der Waals surface area (Å²) in [7, 11) is 1.86. The maximum absolute atomic E-state index is 5.66. The van der Waals surface area contributed by atoms with E-state index in [-0.39, 0.29) is 0 Å². The van der Waals surface area contributed by atoms with Gasteiger partial charge in [-0.1, -0.05) is 12.1 Å². The number of hydrogen-bond donors (Lipinski definition) is 2. The second-order valence-corrected chi connectivity index (χ2v) is 4.06. The number of nitrogen functional groups attached to an aromatic ring is 1. The summed E-state index contributed by atoms with van der Waals surface area (Å²) < 4.78 is 7.46. The molecule has 0 fully saturated rings. The molecule has 6 heteroatoms. The highest BCUT2D eigenvalue weighted by Crippen LogP contribution is 2.13. The van der Waals surface area contributed by atoms with Crippen molar-refractivity contribution in [3.05, 3.63) is 35.7 Å². The van der Waals surface area contributed by atoms with E-state index >= 15 is 0 Å². The first-order valence-electron chi connectivity index (χ1n) is 5.75. The molecule has 18 heavy (non-hydrogen) atoms. The van der Waals surface area contributed by atoms with Crippen molar-refractivity contribution in [3.63, 3.8) is 0 Å². The second-order valence-electron chi connectivity index (χ2n) is 4.06. The summed E-state index contributed by atoms with van der Waals surface area (Å²) in [6.07, 6.45) is 0.680. The number of anilines is 1. The Morgan fingerprint density at radius 1 is 1.39 bits per heavy atom. The Bertz CT molecular complexity index is 523. The van der Waals surface area contributed by atoms with Gasteiger partial charge in [0, 0.05) is 13.5 Å². The van der Waals surface area contributed by atoms with E-state index in [0.29, 0.717) is 19.0 Å². The molecular formula is C12H17N5O. The van der Waals surface area contributed by atoms with Crippen LogP contribution in [0.5, 0.6) is 5.75 Å². The van der Waals surface area contributed by atoms with E-state index in [2.05, 4.69) is 15.6 Å². The van der Waals surface area contributed by atoms with Crippen LogP contribution in [0.15, 0.2) is 24.3 Å². The zero-order valence-corrected chi connectivity index (χ0v) is 10.6. The second kappa shape index (κ2) is 5.50. The van der Waals surface area contributed by atoms with Crippen LogP contribution >= 0.6 is 0 Å². The number of aromatic nitrogens is 3. The lowest BCUT2D eigenvalue weighted by Gasteiger charge is -2.06. The Balaban J connectivity index is 1.90. The number of nitrogens with zero attached hydrogens (tertiary/aromatic N) is 3. The van der Waals surface area contributed by atoms with Crippen molar-refractivity contribution < 1.29 is 4.74 Å². The minimum absolute atomic E-state index is 0.542. The van der Waals surface area contributed by atoms with Gasteiger partial charge in [-0.2, -0.15) is 0 Å². The lowest BCUT2D eigenvalue weighted by atomic mass is 10.2. The molecule has 0 unspecified atom stereocenters. The molecule has 1 heterocycles. The average molecular weight is 247 g/mol. The van der Waals surface area contributed by atoms with Gasteiger partial charge < -0.3 is 4.74 Å². The van der Waals surface area contributed by atoms with E-state index in [1.165, 1.54) is 5.56 Å². The van der Waals surface area contributed by atoms with Crippen LogP contribution in [-0.2, 0) is 13.5 Å². The number of aryl methyl sites for hydroxylation is 1. The smallest absolute Gasteiger partial charge is 0.238 e. The number of nitrogens with one attached hydrogen (secondary N) is 1. The molecule has 0 spiro atoms. The van der Waals surface area contributed by atoms with E-state index in [9.17, 15) is 0 Å². The SMILES string of the molecule is Cc1cccc(OCCc2nnc(NN)n2C)c1. The van der Waals surface area contributed by atoms with Gasteiger partial charge in [0.2, 0.25) is 5.95 Å². The summed E-state index contributed by atoms with van der Waals surface area (Å²) in [5.74, 6) is 7.54. The molecule has 1 aromatic carbocycles. The zero-order valence-electron chi connectivity index (χ0n) is 10.6. The van der Waals surface area contributed by atoms with Crippen LogP contribution in [-0.4, -0.2) is 21.4 Å². The third kappa shape index (κ3) is 2.78. The van der Waals surface area contributed by atoms with Gasteiger partial charge in [0.05, 0.1) is 6.61 Å². The highest BCUT2D eigenvalue weighted by Gasteiger charge is 2.07. The van der Waals surface area contributed by atoms with Crippen LogP contribution in [0.1, 0.15) is 11.4 Å². The fourth-order valence-corrected chi connectivity index (χ4v) is 1.67. The quantitative estimate of drug-likeness (QED) is 0.609. The summed E-state index contributed by atoms with van der Waals surface area (Å²) in [5.41, 5.74) is 3.66. The van der Waals surface area contributed by atoms with Crippen molar-refractivity contribution in [2.75, 3.05) is 12.0 Å². The van der Waals surface area contributed by atoms with E-state index in [1.807, 2.05) is 38.2 Å². The Labute approximate surface area is 106 Å². The summed E-state index contributed by atoms with van der Waals surface area (Å²) in [4.78, 5) is 0. The normalized spacial score (nSPS) is 10.4. The third-order valence-corrected chi connectivity index (χ3v) is 2.68. The van der Waals surface area contributed by atoms with Gasteiger partial charge >= 0.3 is 0 Å². The van der Waals surface area contributed by atoms with Crippen LogP contribution in [0, 0.1) is 6.92 Å². The average Bonchev–Trinajstić information content (AvgIpc) is 2.71. The fourth-order valence-electron chi connectivity index (χ4n) is 1.67. The van der Waals surface area contributed by atoms with Gasteiger partial charge in [-0.25, -0.2) is 5.84 Å². The van der Waals surface area contributed by atoms with Crippen molar-refractivity contribution in [1.29, 1.82) is 0 Å². The van der Waals surface area contributed by atoms with Crippen molar-refractivity contribution in [3.8, 4) is 5.75 Å². The molecule has 0 saturated carbocycles. The minimum atomic E-state index is 0.542. The molecule has 1 aromatic heterocycles. The number of nitrogens with two attached hydrogens (primary N) is 1. The molecule has 0 aliphatic rings. The van der Waals surface area contributed by atoms with E-state index in [1.54, 1.807) is 4.57 Å². The molecule has 0 aliphatic carbocycles. The van der Waals surface area contributed by atoms with Gasteiger partial charge in [-0.3, -0.25) is 9.99 Å². The predicted molar refractivity (Wildman–Crippen MR) is 69.2 cm³/mol. The molecule has 6 nitrogen and oxygen atoms in total. The number of hydrogen-bond acceptors (Lipinski definition) is 5. The Hall–Kier alpha value is -2.08. The maximum atomic E-state index is 5.66. The molecular weight excluding hydrogens is 230 g/mol. The Morgan fingerprint density at radius 3 is 2.89 bits per heavy atom. The summed E-state index contributed by atoms with van der Waals surface area (Å²) in [6.45, 7) is 2.59. The number of ether oxygens (including phenoxy) is 1. The molecule has 0 bridgehead atoms. The Kier molecular flexibility index (Phi) is 3.78. The zero-order chi connectivity index (χ0) is 13.0. The van der Waals surface area contributed by atoms with Gasteiger partial charge in [0.15, 0.2) is 0 Å². The maximum Gasteiger partial charge on any atom is 0.238 e. The van der Waals surface area contributed by atoms with Gasteiger partial charge in [-0.05, 0) is 24.6 Å². The molecule has 0 radical (unpaired) electrons. The number of rotatable bonds is 5. The summed E-state index contributed by atoms with van der Waals surface area (Å²) >= 11 is 0. The van der Waals surface area contributed by atoms with E-state index in [4.69, 9.17) is 10.6 Å². The molecule has 96 valence electrons. The molecule has 2 aromatic rings. The van der Waals surface area contributed by atoms with Crippen molar-refractivity contribution in [2.24, 2.45) is 12.9 Å². The van der Waals surface area contributed by atoms with Gasteiger partial charge in [-0.15, -0.1) is 10.2 Å². The number of benzene rings is 1. The van der Waals surface area contributed by atoms with Crippen LogP contribution in [0.2, 0.25) is 0 Å². The standard InChI is InChI=1S/C12H17N5O/c1-9-4-3-5-10(8-9)18-7-6-11-15-16-12(14-13)17(11)2/h3-5,8H,6-7,13H2,1-2H3,(H,14,16). The lowest BCUT2D eigenvalue weighted by Crippen LogP contribution is -2.13. The predicted octanol–water partition coefficient (Wildman–Crippen LogP) is 1.03. The Morgan fingerprint density at radius 2 is 2.22 bits per heavy atom. The molecule has 0 saturated heterocycles. The molecule has 2 rings (SSSR count). The molecule has 0 aliphatic heterocycles. The minimum Gasteiger partial charge on any atom is -0.493 e. The monoisotopic (exact) mass is 247 g/mol. The van der Waals surface area contributed by atoms with Crippen molar-refractivity contribution >= 4 is 5.95 Å². The first-order chi connectivity index (χ1) is 8.70. The topological polar surface area (TPSA) is 78.0 Å². The van der Waals surface area contributed by atoms with E-state index < -0.39 is 0 Å². The lowest BCUT2D eigenvalue weighted by molar-refractivity contribution is 0.317. The first-order valence-corrected chi connectivity index (χ1v) is 5.75. The summed E-state index contributed by atoms with van der Waals surface area (Å²) in [5, 5.41) is 7.92. The fraction of sp³-hybridized carbons (Fsp3) is 0.333. The molecule has 0 amide bonds. The van der Waals surface area contributed by atoms with Crippen molar-refractivity contribution in [1.82, 2.24) is 14.8 Å². The van der Waals surface area contributed by atoms with Gasteiger partial charge in [0.25, 0.3) is 0 Å². The first kappa shape index (κ1) is 12.4. The van der Waals surface area contributed by atoms with E-state index in [0.717, 1.165) is 11.6 Å². The van der Waals surface area contributed by atoms with Crippen molar-refractivity contribution in [2.45, 2.75) is 13.3 Å². The third-order valence-electron chi connectivity index (χ3n) is 2.68. The molecule has 0 atom stereocenters. The van der Waals surface area contributed by atoms with Crippen LogP contribution in [0.25, 0.3) is 0 Å².